The van der Waals surface area contributed by atoms with Crippen LogP contribution in [0.1, 0.15) is 17.2 Å². The fraction of sp³-hybridized carbons (Fsp3) is 0.158. The molecule has 0 heterocycles. The van der Waals surface area contributed by atoms with Gasteiger partial charge in [0.05, 0.1) is 6.04 Å². The SMILES string of the molecule is CN(C)C(c1cccc(Br)c1)c1c(O)ccc2ccccc12. The molecule has 0 radical (unpaired) electrons. The molecule has 0 saturated carbocycles. The van der Waals surface area contributed by atoms with E-state index in [2.05, 4.69) is 45.1 Å². The van der Waals surface area contributed by atoms with Crippen molar-refractivity contribution < 1.29 is 5.11 Å². The second kappa shape index (κ2) is 6.11. The van der Waals surface area contributed by atoms with Crippen molar-refractivity contribution in [1.29, 1.82) is 0 Å². The average molecular weight is 356 g/mol. The number of phenols is 1. The predicted octanol–water partition coefficient (Wildman–Crippen LogP) is 4.96. The standard InChI is InChI=1S/C19H18BrNO/c1-21(2)19(14-7-5-8-15(20)12-14)18-16-9-4-3-6-13(16)10-11-17(18)22/h3-12,19,22H,1-2H3. The maximum atomic E-state index is 10.5. The minimum Gasteiger partial charge on any atom is -0.508 e. The highest BCUT2D eigenvalue weighted by molar-refractivity contribution is 9.10. The van der Waals surface area contributed by atoms with Gasteiger partial charge in [-0.2, -0.15) is 0 Å². The lowest BCUT2D eigenvalue weighted by Crippen LogP contribution is -2.21. The Morgan fingerprint density at radius 2 is 1.73 bits per heavy atom. The number of hydrogen-bond acceptors (Lipinski definition) is 2. The Balaban J connectivity index is 2.28. The third kappa shape index (κ3) is 2.74. The van der Waals surface area contributed by atoms with Gasteiger partial charge in [0.2, 0.25) is 0 Å². The maximum Gasteiger partial charge on any atom is 0.121 e. The van der Waals surface area contributed by atoms with Crippen molar-refractivity contribution in [1.82, 2.24) is 4.90 Å². The van der Waals surface area contributed by atoms with E-state index < -0.39 is 0 Å². The van der Waals surface area contributed by atoms with E-state index in [-0.39, 0.29) is 6.04 Å². The summed E-state index contributed by atoms with van der Waals surface area (Å²) in [7, 11) is 4.07. The molecule has 3 rings (SSSR count). The van der Waals surface area contributed by atoms with Crippen molar-refractivity contribution >= 4 is 26.7 Å². The molecule has 1 unspecified atom stereocenters. The van der Waals surface area contributed by atoms with Gasteiger partial charge in [-0.1, -0.05) is 58.4 Å². The second-order valence-electron chi connectivity index (χ2n) is 5.64. The second-order valence-corrected chi connectivity index (χ2v) is 6.56. The highest BCUT2D eigenvalue weighted by atomic mass is 79.9. The quantitative estimate of drug-likeness (QED) is 0.717. The number of halogens is 1. The Morgan fingerprint density at radius 3 is 2.45 bits per heavy atom. The van der Waals surface area contributed by atoms with Crippen molar-refractivity contribution in [3.05, 3.63) is 76.3 Å². The molecule has 0 amide bonds. The van der Waals surface area contributed by atoms with E-state index in [1.165, 1.54) is 0 Å². The minimum absolute atomic E-state index is 0.0106. The van der Waals surface area contributed by atoms with Gasteiger partial charge in [-0.05, 0) is 48.6 Å². The summed E-state index contributed by atoms with van der Waals surface area (Å²) >= 11 is 3.54. The number of hydrogen-bond donors (Lipinski definition) is 1. The van der Waals surface area contributed by atoms with E-state index in [4.69, 9.17) is 0 Å². The summed E-state index contributed by atoms with van der Waals surface area (Å²) in [6.07, 6.45) is 0. The molecule has 2 nitrogen and oxygen atoms in total. The molecule has 0 aliphatic rings. The molecule has 0 aliphatic carbocycles. The van der Waals surface area contributed by atoms with Crippen LogP contribution in [-0.2, 0) is 0 Å². The summed E-state index contributed by atoms with van der Waals surface area (Å²) in [4.78, 5) is 2.13. The zero-order valence-corrected chi connectivity index (χ0v) is 14.2. The Labute approximate surface area is 139 Å². The van der Waals surface area contributed by atoms with Crippen molar-refractivity contribution in [2.45, 2.75) is 6.04 Å². The average Bonchev–Trinajstić information content (AvgIpc) is 2.50. The minimum atomic E-state index is -0.0106. The zero-order valence-electron chi connectivity index (χ0n) is 12.6. The molecule has 1 atom stereocenters. The topological polar surface area (TPSA) is 23.5 Å². The Bertz CT molecular complexity index is 813. The van der Waals surface area contributed by atoms with E-state index in [0.29, 0.717) is 5.75 Å². The smallest absolute Gasteiger partial charge is 0.121 e. The number of rotatable bonds is 3. The van der Waals surface area contributed by atoms with Crippen molar-refractivity contribution in [2.75, 3.05) is 14.1 Å². The van der Waals surface area contributed by atoms with Gasteiger partial charge in [0.15, 0.2) is 0 Å². The molecular formula is C19H18BrNO. The summed E-state index contributed by atoms with van der Waals surface area (Å²) in [6.45, 7) is 0. The Hall–Kier alpha value is -1.84. The van der Waals surface area contributed by atoms with E-state index >= 15 is 0 Å². The third-order valence-electron chi connectivity index (χ3n) is 3.90. The fourth-order valence-electron chi connectivity index (χ4n) is 2.97. The fourth-order valence-corrected chi connectivity index (χ4v) is 3.39. The zero-order chi connectivity index (χ0) is 15.7. The highest BCUT2D eigenvalue weighted by Gasteiger charge is 2.22. The van der Waals surface area contributed by atoms with Crippen LogP contribution < -0.4 is 0 Å². The van der Waals surface area contributed by atoms with Crippen molar-refractivity contribution in [2.24, 2.45) is 0 Å². The molecule has 22 heavy (non-hydrogen) atoms. The molecule has 0 fully saturated rings. The molecule has 0 spiro atoms. The first-order valence-corrected chi connectivity index (χ1v) is 7.99. The molecule has 3 aromatic carbocycles. The Morgan fingerprint density at radius 1 is 0.955 bits per heavy atom. The van der Waals surface area contributed by atoms with Gasteiger partial charge in [-0.3, -0.25) is 4.90 Å². The van der Waals surface area contributed by atoms with Crippen LogP contribution in [0.3, 0.4) is 0 Å². The Kier molecular flexibility index (Phi) is 4.19. The van der Waals surface area contributed by atoms with Crippen LogP contribution in [0.25, 0.3) is 10.8 Å². The number of benzene rings is 3. The highest BCUT2D eigenvalue weighted by Crippen LogP contribution is 2.38. The molecule has 0 aliphatic heterocycles. The molecular weight excluding hydrogens is 338 g/mol. The van der Waals surface area contributed by atoms with Crippen LogP contribution in [0.5, 0.6) is 5.75 Å². The van der Waals surface area contributed by atoms with Crippen LogP contribution in [0, 0.1) is 0 Å². The van der Waals surface area contributed by atoms with Gasteiger partial charge >= 0.3 is 0 Å². The van der Waals surface area contributed by atoms with Crippen molar-refractivity contribution in [3.63, 3.8) is 0 Å². The molecule has 0 bridgehead atoms. The van der Waals surface area contributed by atoms with E-state index in [0.717, 1.165) is 26.4 Å². The summed E-state index contributed by atoms with van der Waals surface area (Å²) in [5.41, 5.74) is 2.09. The first kappa shape index (κ1) is 15.1. The third-order valence-corrected chi connectivity index (χ3v) is 4.40. The summed E-state index contributed by atoms with van der Waals surface area (Å²) in [5.74, 6) is 0.331. The molecule has 0 saturated heterocycles. The molecule has 3 heteroatoms. The van der Waals surface area contributed by atoms with Crippen LogP contribution in [-0.4, -0.2) is 24.1 Å². The monoisotopic (exact) mass is 355 g/mol. The number of fused-ring (bicyclic) bond motifs is 1. The molecule has 3 aromatic rings. The van der Waals surface area contributed by atoms with Gasteiger partial charge in [0.25, 0.3) is 0 Å². The summed E-state index contributed by atoms with van der Waals surface area (Å²) < 4.78 is 1.04. The largest absolute Gasteiger partial charge is 0.508 e. The number of phenolic OH excluding ortho intramolecular Hbond substituents is 1. The van der Waals surface area contributed by atoms with E-state index in [9.17, 15) is 5.11 Å². The van der Waals surface area contributed by atoms with Gasteiger partial charge in [0, 0.05) is 10.0 Å². The van der Waals surface area contributed by atoms with Crippen LogP contribution >= 0.6 is 15.9 Å². The molecule has 1 N–H and O–H groups in total. The van der Waals surface area contributed by atoms with Crippen LogP contribution in [0.2, 0.25) is 0 Å². The maximum absolute atomic E-state index is 10.5. The van der Waals surface area contributed by atoms with Crippen LogP contribution in [0.15, 0.2) is 65.1 Å². The molecule has 0 aromatic heterocycles. The van der Waals surface area contributed by atoms with Gasteiger partial charge in [-0.15, -0.1) is 0 Å². The lowest BCUT2D eigenvalue weighted by molar-refractivity contribution is 0.333. The first-order valence-electron chi connectivity index (χ1n) is 7.20. The summed E-state index contributed by atoms with van der Waals surface area (Å²) in [6, 6.07) is 20.1. The lowest BCUT2D eigenvalue weighted by Gasteiger charge is -2.27. The van der Waals surface area contributed by atoms with Gasteiger partial charge in [0.1, 0.15) is 5.75 Å². The lowest BCUT2D eigenvalue weighted by atomic mass is 9.92. The van der Waals surface area contributed by atoms with Gasteiger partial charge in [-0.25, -0.2) is 0 Å². The van der Waals surface area contributed by atoms with E-state index in [1.807, 2.05) is 44.4 Å². The normalized spacial score (nSPS) is 12.7. The first-order chi connectivity index (χ1) is 10.6. The van der Waals surface area contributed by atoms with Crippen LogP contribution in [0.4, 0.5) is 0 Å². The van der Waals surface area contributed by atoms with Gasteiger partial charge < -0.3 is 5.11 Å². The number of aromatic hydroxyl groups is 1. The molecule has 112 valence electrons. The summed E-state index contributed by atoms with van der Waals surface area (Å²) in [5, 5.41) is 12.7. The van der Waals surface area contributed by atoms with Crippen molar-refractivity contribution in [3.8, 4) is 5.75 Å². The predicted molar refractivity (Wildman–Crippen MR) is 95.3 cm³/mol. The number of nitrogens with zero attached hydrogens (tertiary/aromatic N) is 1. The van der Waals surface area contributed by atoms with E-state index in [1.54, 1.807) is 6.07 Å².